The van der Waals surface area contributed by atoms with Crippen LogP contribution < -0.4 is 5.32 Å². The Balaban J connectivity index is 2.67. The summed E-state index contributed by atoms with van der Waals surface area (Å²) in [7, 11) is 5.58. The first kappa shape index (κ1) is 13.5. The van der Waals surface area contributed by atoms with Crippen LogP contribution in [-0.4, -0.2) is 30.0 Å². The smallest absolute Gasteiger partial charge is 0.0833 e. The predicted molar refractivity (Wildman–Crippen MR) is 65.7 cm³/mol. The Bertz CT molecular complexity index is 308. The average molecular weight is 246 g/mol. The van der Waals surface area contributed by atoms with Crippen LogP contribution in [0, 0.1) is 0 Å². The molecule has 2 atom stereocenters. The lowest BCUT2D eigenvalue weighted by molar-refractivity contribution is 0.106. The number of nitrogens with zero attached hydrogens (tertiary/aromatic N) is 2. The molecule has 0 aliphatic rings. The molecule has 0 saturated heterocycles. The van der Waals surface area contributed by atoms with E-state index in [2.05, 4.69) is 17.3 Å². The topological polar surface area (TPSA) is 39.1 Å². The zero-order chi connectivity index (χ0) is 12.1. The number of aryl methyl sites for hydroxylation is 1. The highest BCUT2D eigenvalue weighted by Crippen LogP contribution is 2.25. The number of methoxy groups -OCH3 is 1. The average Bonchev–Trinajstić information content (AvgIpc) is 2.61. The van der Waals surface area contributed by atoms with E-state index in [-0.39, 0.29) is 12.1 Å². The van der Waals surface area contributed by atoms with Gasteiger partial charge in [-0.1, -0.05) is 11.6 Å². The van der Waals surface area contributed by atoms with Crippen LogP contribution in [0.2, 0.25) is 5.02 Å². The number of aromatic nitrogens is 2. The van der Waals surface area contributed by atoms with E-state index in [0.29, 0.717) is 5.02 Å². The van der Waals surface area contributed by atoms with Gasteiger partial charge in [0, 0.05) is 14.2 Å². The summed E-state index contributed by atoms with van der Waals surface area (Å²) in [5.74, 6) is 0. The van der Waals surface area contributed by atoms with Gasteiger partial charge in [-0.15, -0.1) is 0 Å². The number of nitrogens with one attached hydrogen (secondary N) is 1. The fraction of sp³-hybridized carbons (Fsp3) is 0.727. The second-order valence-corrected chi connectivity index (χ2v) is 4.37. The first-order chi connectivity index (χ1) is 7.60. The Morgan fingerprint density at radius 3 is 2.69 bits per heavy atom. The van der Waals surface area contributed by atoms with Gasteiger partial charge >= 0.3 is 0 Å². The molecular weight excluding hydrogens is 226 g/mol. The van der Waals surface area contributed by atoms with E-state index >= 15 is 0 Å². The SMILES string of the molecule is CNC(CCC(C)OC)c1c(Cl)cnn1C. The van der Waals surface area contributed by atoms with Crippen molar-refractivity contribution in [2.45, 2.75) is 31.9 Å². The summed E-state index contributed by atoms with van der Waals surface area (Å²) in [6, 6.07) is 0.220. The van der Waals surface area contributed by atoms with Gasteiger partial charge in [-0.25, -0.2) is 0 Å². The molecule has 1 aromatic heterocycles. The van der Waals surface area contributed by atoms with Crippen LogP contribution in [0.1, 0.15) is 31.5 Å². The van der Waals surface area contributed by atoms with E-state index in [1.165, 1.54) is 0 Å². The van der Waals surface area contributed by atoms with Crippen molar-refractivity contribution in [2.75, 3.05) is 14.2 Å². The van der Waals surface area contributed by atoms with Gasteiger partial charge in [0.25, 0.3) is 0 Å². The number of rotatable bonds is 6. The maximum absolute atomic E-state index is 6.11. The van der Waals surface area contributed by atoms with Crippen LogP contribution in [-0.2, 0) is 11.8 Å². The third-order valence-electron chi connectivity index (χ3n) is 2.88. The number of hydrogen-bond acceptors (Lipinski definition) is 3. The Kier molecular flexibility index (Phi) is 5.25. The normalized spacial score (nSPS) is 15.1. The van der Waals surface area contributed by atoms with Gasteiger partial charge in [0.15, 0.2) is 0 Å². The highest BCUT2D eigenvalue weighted by Gasteiger charge is 2.18. The minimum atomic E-state index is 0.220. The van der Waals surface area contributed by atoms with Crippen molar-refractivity contribution in [3.8, 4) is 0 Å². The zero-order valence-electron chi connectivity index (χ0n) is 10.3. The van der Waals surface area contributed by atoms with Gasteiger partial charge in [0.1, 0.15) is 0 Å². The first-order valence-corrected chi connectivity index (χ1v) is 5.85. The molecule has 0 radical (unpaired) electrons. The number of ether oxygens (including phenoxy) is 1. The fourth-order valence-corrected chi connectivity index (χ4v) is 2.05. The molecule has 0 aliphatic heterocycles. The molecule has 16 heavy (non-hydrogen) atoms. The van der Waals surface area contributed by atoms with Crippen LogP contribution in [0.4, 0.5) is 0 Å². The Morgan fingerprint density at radius 2 is 2.25 bits per heavy atom. The van der Waals surface area contributed by atoms with Gasteiger partial charge in [-0.05, 0) is 26.8 Å². The van der Waals surface area contributed by atoms with E-state index in [4.69, 9.17) is 16.3 Å². The maximum Gasteiger partial charge on any atom is 0.0833 e. The van der Waals surface area contributed by atoms with Crippen LogP contribution >= 0.6 is 11.6 Å². The van der Waals surface area contributed by atoms with E-state index in [1.54, 1.807) is 13.3 Å². The number of halogens is 1. The molecule has 0 saturated carbocycles. The summed E-state index contributed by atoms with van der Waals surface area (Å²) in [6.45, 7) is 2.07. The van der Waals surface area contributed by atoms with E-state index in [0.717, 1.165) is 18.5 Å². The fourth-order valence-electron chi connectivity index (χ4n) is 1.75. The summed E-state index contributed by atoms with van der Waals surface area (Å²) in [6.07, 6.45) is 3.91. The van der Waals surface area contributed by atoms with Crippen molar-refractivity contribution in [3.05, 3.63) is 16.9 Å². The molecule has 0 bridgehead atoms. The highest BCUT2D eigenvalue weighted by atomic mass is 35.5. The Hall–Kier alpha value is -0.580. The highest BCUT2D eigenvalue weighted by molar-refractivity contribution is 6.31. The van der Waals surface area contributed by atoms with Crippen molar-refractivity contribution < 1.29 is 4.74 Å². The quantitative estimate of drug-likeness (QED) is 0.835. The van der Waals surface area contributed by atoms with Crippen molar-refractivity contribution in [2.24, 2.45) is 7.05 Å². The van der Waals surface area contributed by atoms with E-state index < -0.39 is 0 Å². The van der Waals surface area contributed by atoms with Crippen molar-refractivity contribution in [3.63, 3.8) is 0 Å². The largest absolute Gasteiger partial charge is 0.382 e. The van der Waals surface area contributed by atoms with Crippen LogP contribution in [0.25, 0.3) is 0 Å². The molecule has 0 aromatic carbocycles. The standard InChI is InChI=1S/C11H20ClN3O/c1-8(16-4)5-6-10(13-2)11-9(12)7-14-15(11)3/h7-8,10,13H,5-6H2,1-4H3. The van der Waals surface area contributed by atoms with Gasteiger partial charge < -0.3 is 10.1 Å². The molecule has 0 spiro atoms. The van der Waals surface area contributed by atoms with Crippen molar-refractivity contribution >= 4 is 11.6 Å². The van der Waals surface area contributed by atoms with Gasteiger partial charge in [-0.3, -0.25) is 4.68 Å². The lowest BCUT2D eigenvalue weighted by Crippen LogP contribution is -2.21. The second-order valence-electron chi connectivity index (χ2n) is 3.97. The lowest BCUT2D eigenvalue weighted by atomic mass is 10.1. The predicted octanol–water partition coefficient (Wildman–Crippen LogP) is 2.15. The summed E-state index contributed by atoms with van der Waals surface area (Å²) in [5.41, 5.74) is 1.03. The third-order valence-corrected chi connectivity index (χ3v) is 3.17. The lowest BCUT2D eigenvalue weighted by Gasteiger charge is -2.19. The molecule has 92 valence electrons. The van der Waals surface area contributed by atoms with Crippen molar-refractivity contribution in [1.29, 1.82) is 0 Å². The molecule has 1 aromatic rings. The van der Waals surface area contributed by atoms with Gasteiger partial charge in [0.2, 0.25) is 0 Å². The monoisotopic (exact) mass is 245 g/mol. The molecule has 0 fully saturated rings. The summed E-state index contributed by atoms with van der Waals surface area (Å²) >= 11 is 6.11. The second kappa shape index (κ2) is 6.23. The molecule has 0 aliphatic carbocycles. The maximum atomic E-state index is 6.11. The Labute approximate surface area is 102 Å². The minimum Gasteiger partial charge on any atom is -0.382 e. The minimum absolute atomic E-state index is 0.220. The summed E-state index contributed by atoms with van der Waals surface area (Å²) in [5, 5.41) is 8.13. The molecule has 5 heteroatoms. The Morgan fingerprint density at radius 1 is 1.56 bits per heavy atom. The summed E-state index contributed by atoms with van der Waals surface area (Å²) in [4.78, 5) is 0. The third kappa shape index (κ3) is 3.20. The van der Waals surface area contributed by atoms with Crippen molar-refractivity contribution in [1.82, 2.24) is 15.1 Å². The molecule has 4 nitrogen and oxygen atoms in total. The zero-order valence-corrected chi connectivity index (χ0v) is 11.1. The molecule has 1 N–H and O–H groups in total. The van der Waals surface area contributed by atoms with E-state index in [1.807, 2.05) is 18.8 Å². The molecular formula is C11H20ClN3O. The molecule has 0 amide bonds. The van der Waals surface area contributed by atoms with Gasteiger partial charge in [-0.2, -0.15) is 5.10 Å². The van der Waals surface area contributed by atoms with Crippen LogP contribution in [0.15, 0.2) is 6.20 Å². The van der Waals surface area contributed by atoms with Crippen LogP contribution in [0.3, 0.4) is 0 Å². The first-order valence-electron chi connectivity index (χ1n) is 5.47. The summed E-state index contributed by atoms with van der Waals surface area (Å²) < 4.78 is 7.06. The molecule has 1 rings (SSSR count). The molecule has 1 heterocycles. The molecule has 2 unspecified atom stereocenters. The van der Waals surface area contributed by atoms with E-state index in [9.17, 15) is 0 Å². The van der Waals surface area contributed by atoms with Gasteiger partial charge in [0.05, 0.1) is 29.1 Å². The van der Waals surface area contributed by atoms with Crippen LogP contribution in [0.5, 0.6) is 0 Å². The number of hydrogen-bond donors (Lipinski definition) is 1.